The Morgan fingerprint density at radius 2 is 1.84 bits per heavy atom. The number of halogens is 4. The highest BCUT2D eigenvalue weighted by Crippen LogP contribution is 2.44. The Balaban J connectivity index is 1.51. The maximum Gasteiger partial charge on any atom is 0.135 e. The quantitative estimate of drug-likeness (QED) is 0.337. The maximum absolute atomic E-state index is 15.8. The van der Waals surface area contributed by atoms with Crippen molar-refractivity contribution in [3.8, 4) is 5.75 Å². The van der Waals surface area contributed by atoms with E-state index in [1.54, 1.807) is 6.07 Å². The van der Waals surface area contributed by atoms with Crippen molar-refractivity contribution in [2.24, 2.45) is 0 Å². The molecule has 8 heteroatoms. The average Bonchev–Trinajstić information content (AvgIpc) is 3.13. The van der Waals surface area contributed by atoms with E-state index in [1.807, 2.05) is 24.0 Å². The van der Waals surface area contributed by atoms with Crippen molar-refractivity contribution in [2.45, 2.75) is 70.8 Å². The molecule has 5 rings (SSSR count). The zero-order valence-electron chi connectivity index (χ0n) is 21.9. The fourth-order valence-electron chi connectivity index (χ4n) is 5.76. The number of hydrogen-bond acceptors (Lipinski definition) is 3. The maximum atomic E-state index is 15.8. The third-order valence-electron chi connectivity index (χ3n) is 7.51. The van der Waals surface area contributed by atoms with Crippen LogP contribution in [0.15, 0.2) is 30.3 Å². The van der Waals surface area contributed by atoms with Gasteiger partial charge in [-0.2, -0.15) is 0 Å². The molecule has 0 unspecified atom stereocenters. The molecule has 200 valence electrons. The minimum atomic E-state index is -1.55. The van der Waals surface area contributed by atoms with Gasteiger partial charge in [0, 0.05) is 65.0 Å². The number of fused-ring (bicyclic) bond motifs is 3. The first-order valence-corrected chi connectivity index (χ1v) is 13.5. The van der Waals surface area contributed by atoms with Crippen molar-refractivity contribution >= 4 is 22.5 Å². The SMILES string of the molecule is CCCCN1CC(Oc2cc(F)c([C@@H]3c4[nH]c5ccc(Cl)cc5c4C[C@H](C)N3CC(C)(C)F)c(F)c2)C1. The van der Waals surface area contributed by atoms with Gasteiger partial charge in [0.05, 0.1) is 6.04 Å². The molecular formula is C29H35ClF3N3O. The van der Waals surface area contributed by atoms with E-state index in [9.17, 15) is 4.39 Å². The fourth-order valence-corrected chi connectivity index (χ4v) is 5.93. The summed E-state index contributed by atoms with van der Waals surface area (Å²) in [5.74, 6) is -1.20. The smallest absolute Gasteiger partial charge is 0.135 e. The summed E-state index contributed by atoms with van der Waals surface area (Å²) < 4.78 is 52.4. The number of H-pyrrole nitrogens is 1. The Kier molecular flexibility index (Phi) is 7.24. The van der Waals surface area contributed by atoms with Gasteiger partial charge in [-0.05, 0) is 63.9 Å². The van der Waals surface area contributed by atoms with Crippen molar-refractivity contribution in [1.82, 2.24) is 14.8 Å². The van der Waals surface area contributed by atoms with Crippen molar-refractivity contribution in [3.63, 3.8) is 0 Å². The lowest BCUT2D eigenvalue weighted by Crippen LogP contribution is -2.53. The summed E-state index contributed by atoms with van der Waals surface area (Å²) in [6.07, 6.45) is 2.79. The molecular weight excluding hydrogens is 499 g/mol. The number of nitrogens with one attached hydrogen (secondary N) is 1. The van der Waals surface area contributed by atoms with Gasteiger partial charge in [-0.1, -0.05) is 24.9 Å². The molecule has 3 heterocycles. The molecule has 0 aliphatic carbocycles. The number of rotatable bonds is 8. The van der Waals surface area contributed by atoms with Gasteiger partial charge in [0.25, 0.3) is 0 Å². The molecule has 1 aromatic heterocycles. The van der Waals surface area contributed by atoms with Gasteiger partial charge in [0.15, 0.2) is 0 Å². The van der Waals surface area contributed by atoms with Crippen LogP contribution >= 0.6 is 11.6 Å². The van der Waals surface area contributed by atoms with Gasteiger partial charge in [0.1, 0.15) is 29.2 Å². The summed E-state index contributed by atoms with van der Waals surface area (Å²) >= 11 is 6.27. The van der Waals surface area contributed by atoms with E-state index in [0.717, 1.165) is 48.9 Å². The Hall–Kier alpha value is -2.22. The molecule has 0 spiro atoms. The first-order valence-electron chi connectivity index (χ1n) is 13.2. The standard InChI is InChI=1S/C29H35ClF3N3O/c1-5-6-9-35-14-20(15-35)37-19-12-23(31)26(24(32)13-19)28-27-22(10-17(2)36(28)16-29(3,4)33)21-11-18(30)7-8-25(21)34-27/h7-8,11-13,17,20,28,34H,5-6,9-10,14-16H2,1-4H3/t17-,28+/m0/s1. The third kappa shape index (κ3) is 5.36. The van der Waals surface area contributed by atoms with Gasteiger partial charge >= 0.3 is 0 Å². The molecule has 1 fully saturated rings. The predicted molar refractivity (Wildman–Crippen MR) is 142 cm³/mol. The van der Waals surface area contributed by atoms with Crippen LogP contribution < -0.4 is 4.74 Å². The molecule has 2 aliphatic rings. The van der Waals surface area contributed by atoms with E-state index in [1.165, 1.54) is 26.0 Å². The second-order valence-corrected chi connectivity index (χ2v) is 11.6. The molecule has 0 radical (unpaired) electrons. The lowest BCUT2D eigenvalue weighted by molar-refractivity contribution is 0.0188. The topological polar surface area (TPSA) is 31.5 Å². The normalized spacial score (nSPS) is 21.3. The summed E-state index contributed by atoms with van der Waals surface area (Å²) in [5.41, 5.74) is 0.829. The summed E-state index contributed by atoms with van der Waals surface area (Å²) in [7, 11) is 0. The zero-order valence-corrected chi connectivity index (χ0v) is 22.6. The van der Waals surface area contributed by atoms with Crippen LogP contribution in [0, 0.1) is 11.6 Å². The zero-order chi connectivity index (χ0) is 26.5. The van der Waals surface area contributed by atoms with E-state index in [0.29, 0.717) is 17.1 Å². The number of likely N-dealkylation sites (tertiary alicyclic amines) is 1. The van der Waals surface area contributed by atoms with Crippen molar-refractivity contribution in [1.29, 1.82) is 0 Å². The Bertz CT molecular complexity index is 1260. The minimum Gasteiger partial charge on any atom is -0.488 e. The van der Waals surface area contributed by atoms with E-state index >= 15 is 8.78 Å². The third-order valence-corrected chi connectivity index (χ3v) is 7.75. The minimum absolute atomic E-state index is 0.0290. The lowest BCUT2D eigenvalue weighted by Gasteiger charge is -2.43. The van der Waals surface area contributed by atoms with E-state index < -0.39 is 23.3 Å². The molecule has 2 atom stereocenters. The number of aromatic nitrogens is 1. The molecule has 2 aliphatic heterocycles. The highest BCUT2D eigenvalue weighted by molar-refractivity contribution is 6.31. The van der Waals surface area contributed by atoms with Gasteiger partial charge < -0.3 is 9.72 Å². The number of benzene rings is 2. The molecule has 0 saturated carbocycles. The number of aromatic amines is 1. The van der Waals surface area contributed by atoms with Crippen molar-refractivity contribution in [3.05, 3.63) is 63.8 Å². The second-order valence-electron chi connectivity index (χ2n) is 11.2. The molecule has 0 bridgehead atoms. The highest BCUT2D eigenvalue weighted by atomic mass is 35.5. The first-order chi connectivity index (χ1) is 17.5. The van der Waals surface area contributed by atoms with E-state index in [4.69, 9.17) is 16.3 Å². The number of ether oxygens (including phenoxy) is 1. The van der Waals surface area contributed by atoms with Gasteiger partial charge in [-0.3, -0.25) is 9.80 Å². The van der Waals surface area contributed by atoms with Crippen LogP contribution in [0.25, 0.3) is 10.9 Å². The Morgan fingerprint density at radius 3 is 2.49 bits per heavy atom. The largest absolute Gasteiger partial charge is 0.488 e. The molecule has 0 amide bonds. The van der Waals surface area contributed by atoms with Gasteiger partial charge in [-0.25, -0.2) is 13.2 Å². The van der Waals surface area contributed by atoms with Crippen LogP contribution in [0.3, 0.4) is 0 Å². The second kappa shape index (κ2) is 10.2. The van der Waals surface area contributed by atoms with Crippen LogP contribution in [0.4, 0.5) is 13.2 Å². The van der Waals surface area contributed by atoms with E-state index in [-0.39, 0.29) is 30.0 Å². The Labute approximate surface area is 221 Å². The molecule has 3 aromatic rings. The summed E-state index contributed by atoms with van der Waals surface area (Å²) in [4.78, 5) is 7.51. The molecule has 1 N–H and O–H groups in total. The average molecular weight is 534 g/mol. The van der Waals surface area contributed by atoms with Crippen LogP contribution in [-0.4, -0.2) is 58.8 Å². The molecule has 4 nitrogen and oxygen atoms in total. The molecule has 37 heavy (non-hydrogen) atoms. The fraction of sp³-hybridized carbons (Fsp3) is 0.517. The number of unbranched alkanes of at least 4 members (excludes halogenated alkanes) is 1. The van der Waals surface area contributed by atoms with Crippen LogP contribution in [0.1, 0.15) is 63.4 Å². The highest BCUT2D eigenvalue weighted by Gasteiger charge is 2.41. The van der Waals surface area contributed by atoms with Gasteiger partial charge in [0.2, 0.25) is 0 Å². The van der Waals surface area contributed by atoms with Crippen LogP contribution in [0.2, 0.25) is 5.02 Å². The van der Waals surface area contributed by atoms with Crippen molar-refractivity contribution < 1.29 is 17.9 Å². The monoisotopic (exact) mass is 533 g/mol. The Morgan fingerprint density at radius 1 is 1.14 bits per heavy atom. The molecule has 1 saturated heterocycles. The van der Waals surface area contributed by atoms with Crippen LogP contribution in [0.5, 0.6) is 5.75 Å². The summed E-state index contributed by atoms with van der Waals surface area (Å²) in [6.45, 7) is 9.65. The van der Waals surface area contributed by atoms with E-state index in [2.05, 4.69) is 16.8 Å². The lowest BCUT2D eigenvalue weighted by atomic mass is 9.87. The van der Waals surface area contributed by atoms with Gasteiger partial charge in [-0.15, -0.1) is 0 Å². The number of alkyl halides is 1. The number of hydrogen-bond donors (Lipinski definition) is 1. The van der Waals surface area contributed by atoms with Crippen LogP contribution in [-0.2, 0) is 6.42 Å². The number of nitrogens with zero attached hydrogens (tertiary/aromatic N) is 2. The predicted octanol–water partition coefficient (Wildman–Crippen LogP) is 7.05. The van der Waals surface area contributed by atoms with Crippen molar-refractivity contribution in [2.75, 3.05) is 26.2 Å². The molecule has 2 aromatic carbocycles. The summed E-state index contributed by atoms with van der Waals surface area (Å²) in [5, 5.41) is 1.52. The first kappa shape index (κ1) is 26.4. The summed E-state index contributed by atoms with van der Waals surface area (Å²) in [6, 6.07) is 7.09.